The van der Waals surface area contributed by atoms with E-state index in [1.807, 2.05) is 4.98 Å². The fourth-order valence-corrected chi connectivity index (χ4v) is 6.51. The highest BCUT2D eigenvalue weighted by Crippen LogP contribution is 2.45. The zero-order valence-electron chi connectivity index (χ0n) is 22.3. The summed E-state index contributed by atoms with van der Waals surface area (Å²) in [6, 6.07) is 0.0347. The Labute approximate surface area is 243 Å². The van der Waals surface area contributed by atoms with Crippen LogP contribution < -0.4 is 16.3 Å². The zero-order chi connectivity index (χ0) is 30.0. The van der Waals surface area contributed by atoms with Gasteiger partial charge < -0.3 is 18.5 Å². The number of thioether (sulfide) groups is 1. The van der Waals surface area contributed by atoms with Crippen molar-refractivity contribution in [2.24, 2.45) is 5.41 Å². The Morgan fingerprint density at radius 2 is 1.92 bits per heavy atom. The number of esters is 1. The van der Waals surface area contributed by atoms with Gasteiger partial charge in [-0.1, -0.05) is 32.5 Å². The molecule has 0 saturated carbocycles. The van der Waals surface area contributed by atoms with Crippen molar-refractivity contribution < 1.29 is 36.2 Å². The minimum Gasteiger partial charge on any atom is -0.462 e. The number of nitrogens with one attached hydrogen (secondary N) is 2. The van der Waals surface area contributed by atoms with Gasteiger partial charge in [-0.2, -0.15) is 0 Å². The van der Waals surface area contributed by atoms with Crippen LogP contribution in [0.3, 0.4) is 0 Å². The number of hydrogen-bond acceptors (Lipinski definition) is 11. The zero-order valence-corrected chi connectivity index (χ0v) is 26.4. The molecule has 1 aromatic rings. The predicted octanol–water partition coefficient (Wildman–Crippen LogP) is 2.74. The molecule has 2 unspecified atom stereocenters. The standard InChI is InChI=1S/C21H34ClFN3O9PS3/c1-13(2)34-18(28)14(3)25-36(37,32-9-10-38-19(29)21(4,5)6)33-12-17(39(23)31)35-16(11-22)26-8-7-15(27)24-20(26)30/h7-8,13-14,16-17H,9-12H2,1-6H3,(H,25,37)(H,24,27,30)/t14-,16-,17+,36?,39?/m1/s1. The summed E-state index contributed by atoms with van der Waals surface area (Å²) in [5, 5.41) is 2.66. The lowest BCUT2D eigenvalue weighted by atomic mass is 10.00. The molecule has 2 N–H and O–H groups in total. The van der Waals surface area contributed by atoms with Gasteiger partial charge in [0.2, 0.25) is 11.2 Å². The second-order valence-electron chi connectivity index (χ2n) is 9.29. The summed E-state index contributed by atoms with van der Waals surface area (Å²) in [7, 11) is 0. The van der Waals surface area contributed by atoms with Crippen LogP contribution in [0.25, 0.3) is 0 Å². The molecule has 1 aromatic heterocycles. The minimum atomic E-state index is -3.58. The normalized spacial score (nSPS) is 16.7. The van der Waals surface area contributed by atoms with Gasteiger partial charge in [-0.15, -0.1) is 15.5 Å². The third-order valence-electron chi connectivity index (χ3n) is 4.44. The molecule has 0 aliphatic carbocycles. The Bertz CT molecular complexity index is 1160. The number of H-pyrrole nitrogens is 1. The van der Waals surface area contributed by atoms with E-state index < -0.39 is 70.9 Å². The van der Waals surface area contributed by atoms with Crippen LogP contribution in [0.5, 0.6) is 0 Å². The van der Waals surface area contributed by atoms with Crippen LogP contribution in [0.15, 0.2) is 21.9 Å². The van der Waals surface area contributed by atoms with Crippen molar-refractivity contribution in [2.45, 2.75) is 65.4 Å². The SMILES string of the molecule is CC(C)OC(=O)[C@@H](C)NP(=S)(OCCSC(=O)C(C)(C)C)OC[C@@H](O[C@H](CCl)n1ccc(=O)[nH]c1=O)S(=O)F. The van der Waals surface area contributed by atoms with E-state index in [0.717, 1.165) is 28.6 Å². The van der Waals surface area contributed by atoms with Crippen molar-refractivity contribution in [2.75, 3.05) is 24.8 Å². The van der Waals surface area contributed by atoms with E-state index in [1.165, 1.54) is 6.92 Å². The highest BCUT2D eigenvalue weighted by molar-refractivity contribution is 8.13. The number of ether oxygens (including phenoxy) is 2. The van der Waals surface area contributed by atoms with Crippen molar-refractivity contribution in [3.63, 3.8) is 0 Å². The third kappa shape index (κ3) is 13.0. The first-order valence-corrected chi connectivity index (χ1v) is 16.9. The summed E-state index contributed by atoms with van der Waals surface area (Å²) in [4.78, 5) is 49.9. The number of halogens is 2. The monoisotopic (exact) mass is 653 g/mol. The summed E-state index contributed by atoms with van der Waals surface area (Å²) < 4.78 is 48.7. The summed E-state index contributed by atoms with van der Waals surface area (Å²) in [6.07, 6.45) is -0.645. The smallest absolute Gasteiger partial charge is 0.330 e. The van der Waals surface area contributed by atoms with Crippen molar-refractivity contribution in [3.8, 4) is 0 Å². The van der Waals surface area contributed by atoms with E-state index in [1.54, 1.807) is 34.6 Å². The quantitative estimate of drug-likeness (QED) is 0.0886. The highest BCUT2D eigenvalue weighted by atomic mass is 35.5. The van der Waals surface area contributed by atoms with E-state index in [9.17, 15) is 27.3 Å². The molecular weight excluding hydrogens is 620 g/mol. The van der Waals surface area contributed by atoms with E-state index in [-0.39, 0.29) is 23.4 Å². The Morgan fingerprint density at radius 3 is 2.44 bits per heavy atom. The second kappa shape index (κ2) is 16.5. The Morgan fingerprint density at radius 1 is 1.28 bits per heavy atom. The van der Waals surface area contributed by atoms with Crippen molar-refractivity contribution >= 4 is 64.1 Å². The van der Waals surface area contributed by atoms with Gasteiger partial charge in [0.15, 0.2) is 16.8 Å². The molecule has 12 nitrogen and oxygen atoms in total. The van der Waals surface area contributed by atoms with E-state index >= 15 is 0 Å². The molecule has 0 fully saturated rings. The molecule has 5 atom stereocenters. The van der Waals surface area contributed by atoms with Gasteiger partial charge in [-0.05, 0) is 32.6 Å². The van der Waals surface area contributed by atoms with Gasteiger partial charge in [0.05, 0.1) is 25.2 Å². The summed E-state index contributed by atoms with van der Waals surface area (Å²) in [5.74, 6) is -0.812. The lowest BCUT2D eigenvalue weighted by molar-refractivity contribution is -0.149. The molecule has 39 heavy (non-hydrogen) atoms. The maximum absolute atomic E-state index is 14.0. The fraction of sp³-hybridized carbons (Fsp3) is 0.714. The Hall–Kier alpha value is -0.970. The lowest BCUT2D eigenvalue weighted by Crippen LogP contribution is -2.38. The maximum atomic E-state index is 14.0. The minimum absolute atomic E-state index is 0.0654. The Kier molecular flexibility index (Phi) is 15.2. The molecule has 1 rings (SSSR count). The van der Waals surface area contributed by atoms with Crippen molar-refractivity contribution in [1.29, 1.82) is 0 Å². The van der Waals surface area contributed by atoms with E-state index in [0.29, 0.717) is 0 Å². The number of alkyl halides is 1. The van der Waals surface area contributed by atoms with Crippen molar-refractivity contribution in [1.82, 2.24) is 14.6 Å². The molecule has 224 valence electrons. The first kappa shape index (κ1) is 36.1. The molecule has 0 aromatic carbocycles. The van der Waals surface area contributed by atoms with Crippen LogP contribution in [0.4, 0.5) is 3.89 Å². The average molecular weight is 654 g/mol. The number of carbonyl (C=O) groups excluding carboxylic acids is 2. The van der Waals surface area contributed by atoms with Gasteiger partial charge in [-0.3, -0.25) is 23.9 Å². The van der Waals surface area contributed by atoms with Gasteiger partial charge in [0, 0.05) is 23.4 Å². The number of nitrogens with zero attached hydrogens (tertiary/aromatic N) is 1. The predicted molar refractivity (Wildman–Crippen MR) is 152 cm³/mol. The molecule has 0 bridgehead atoms. The van der Waals surface area contributed by atoms with Gasteiger partial charge in [-0.25, -0.2) is 14.1 Å². The van der Waals surface area contributed by atoms with Gasteiger partial charge in [0.1, 0.15) is 6.04 Å². The summed E-state index contributed by atoms with van der Waals surface area (Å²) >= 11 is 9.25. The number of rotatable bonds is 16. The van der Waals surface area contributed by atoms with E-state index in [4.69, 9.17) is 41.9 Å². The first-order valence-electron chi connectivity index (χ1n) is 11.6. The largest absolute Gasteiger partial charge is 0.462 e. The molecule has 1 heterocycles. The summed E-state index contributed by atoms with van der Waals surface area (Å²) in [6.45, 7) is 5.73. The van der Waals surface area contributed by atoms with Crippen LogP contribution >= 0.6 is 30.0 Å². The van der Waals surface area contributed by atoms with Crippen LogP contribution in [0.1, 0.15) is 47.8 Å². The van der Waals surface area contributed by atoms with Gasteiger partial charge in [0.25, 0.3) is 12.2 Å². The molecule has 0 aliphatic heterocycles. The summed E-state index contributed by atoms with van der Waals surface area (Å²) in [5.41, 5.74) is -3.91. The average Bonchev–Trinajstić information content (AvgIpc) is 2.81. The van der Waals surface area contributed by atoms with Gasteiger partial charge >= 0.3 is 11.7 Å². The van der Waals surface area contributed by atoms with Crippen LogP contribution in [0, 0.1) is 5.41 Å². The molecule has 0 radical (unpaired) electrons. The maximum Gasteiger partial charge on any atom is 0.330 e. The third-order valence-corrected chi connectivity index (χ3v) is 9.27. The lowest BCUT2D eigenvalue weighted by Gasteiger charge is -2.28. The van der Waals surface area contributed by atoms with Crippen LogP contribution in [0.2, 0.25) is 0 Å². The van der Waals surface area contributed by atoms with E-state index in [2.05, 4.69) is 5.09 Å². The van der Waals surface area contributed by atoms with Crippen LogP contribution in [-0.2, 0) is 51.1 Å². The Balaban J connectivity index is 3.04. The van der Waals surface area contributed by atoms with Crippen molar-refractivity contribution in [3.05, 3.63) is 33.1 Å². The number of aromatic amines is 1. The van der Waals surface area contributed by atoms with Crippen LogP contribution in [-0.4, -0.2) is 67.3 Å². The molecule has 0 amide bonds. The molecule has 0 spiro atoms. The molecule has 18 heteroatoms. The fourth-order valence-electron chi connectivity index (χ4n) is 2.55. The second-order valence-corrected chi connectivity index (χ2v) is 14.9. The molecule has 0 aliphatic rings. The molecule has 0 saturated heterocycles. The highest BCUT2D eigenvalue weighted by Gasteiger charge is 2.31. The number of hydrogen-bond donors (Lipinski definition) is 2. The first-order chi connectivity index (χ1) is 18.0. The topological polar surface area (TPSA) is 155 Å². The number of carbonyl (C=O) groups is 2. The molecular formula is C21H34ClFN3O9PS3. The number of aromatic nitrogens is 2.